The lowest BCUT2D eigenvalue weighted by atomic mass is 9.88. The Bertz CT molecular complexity index is 638. The molecule has 0 aliphatic heterocycles. The Hall–Kier alpha value is -0.870. The molecule has 20 heavy (non-hydrogen) atoms. The van der Waals surface area contributed by atoms with Crippen molar-refractivity contribution in [3.63, 3.8) is 0 Å². The van der Waals surface area contributed by atoms with Gasteiger partial charge in [0.25, 0.3) is 0 Å². The maximum atomic E-state index is 11.0. The van der Waals surface area contributed by atoms with Crippen LogP contribution < -0.4 is 0 Å². The van der Waals surface area contributed by atoms with Crippen LogP contribution in [0.5, 0.6) is 0 Å². The summed E-state index contributed by atoms with van der Waals surface area (Å²) in [5.74, 6) is 1.10. The summed E-state index contributed by atoms with van der Waals surface area (Å²) in [7, 11) is 0. The van der Waals surface area contributed by atoms with Gasteiger partial charge in [0.15, 0.2) is 0 Å². The number of thiazole rings is 1. The maximum absolute atomic E-state index is 11.0. The number of aromatic nitrogens is 2. The number of aliphatic hydroxyl groups excluding tert-OH is 1. The third kappa shape index (κ3) is 2.01. The minimum absolute atomic E-state index is 0.324. The molecule has 4 heteroatoms. The quantitative estimate of drug-likeness (QED) is 0.922. The van der Waals surface area contributed by atoms with Gasteiger partial charge in [0.2, 0.25) is 0 Å². The van der Waals surface area contributed by atoms with Crippen LogP contribution in [0.15, 0.2) is 12.5 Å². The van der Waals surface area contributed by atoms with Crippen molar-refractivity contribution < 1.29 is 5.11 Å². The van der Waals surface area contributed by atoms with E-state index in [1.54, 1.807) is 0 Å². The van der Waals surface area contributed by atoms with Crippen LogP contribution in [0.3, 0.4) is 0 Å². The van der Waals surface area contributed by atoms with Gasteiger partial charge < -0.3 is 5.11 Å². The molecule has 2 atom stereocenters. The first-order valence-electron chi connectivity index (χ1n) is 7.68. The lowest BCUT2D eigenvalue weighted by Crippen LogP contribution is -2.15. The van der Waals surface area contributed by atoms with Crippen LogP contribution in [0.2, 0.25) is 0 Å². The van der Waals surface area contributed by atoms with Crippen LogP contribution in [-0.2, 0) is 0 Å². The monoisotopic (exact) mass is 290 g/mol. The first-order valence-corrected chi connectivity index (χ1v) is 8.49. The lowest BCUT2D eigenvalue weighted by molar-refractivity contribution is 0.0995. The van der Waals surface area contributed by atoms with Gasteiger partial charge in [0, 0.05) is 4.88 Å². The molecule has 2 aliphatic carbocycles. The van der Waals surface area contributed by atoms with Crippen LogP contribution >= 0.6 is 11.3 Å². The summed E-state index contributed by atoms with van der Waals surface area (Å²) < 4.78 is 2.13. The highest BCUT2D eigenvalue weighted by molar-refractivity contribution is 7.17. The standard InChI is InChI=1S/C16H22N2OS/c1-16(2)6-5-11(7-16)14(19)13-15(10-3-4-10)20-12-8-17-9-18(12)13/h8-11,14,19H,3-7H2,1-2H3. The molecule has 0 radical (unpaired) electrons. The van der Waals surface area contributed by atoms with Gasteiger partial charge in [-0.1, -0.05) is 13.8 Å². The molecular formula is C16H22N2OS. The SMILES string of the molecule is CC1(C)CCC(C(O)c2c(C3CC3)sc3cncn23)C1. The third-order valence-corrected chi connectivity index (χ3v) is 6.29. The van der Waals surface area contributed by atoms with Crippen molar-refractivity contribution in [1.29, 1.82) is 0 Å². The Balaban J connectivity index is 1.73. The average molecular weight is 290 g/mol. The van der Waals surface area contributed by atoms with E-state index in [-0.39, 0.29) is 6.10 Å². The number of hydrogen-bond acceptors (Lipinski definition) is 3. The highest BCUT2D eigenvalue weighted by Crippen LogP contribution is 2.51. The zero-order valence-electron chi connectivity index (χ0n) is 12.2. The van der Waals surface area contributed by atoms with Crippen molar-refractivity contribution in [1.82, 2.24) is 9.38 Å². The van der Waals surface area contributed by atoms with E-state index in [2.05, 4.69) is 23.2 Å². The van der Waals surface area contributed by atoms with Crippen molar-refractivity contribution in [3.8, 4) is 0 Å². The Morgan fingerprint density at radius 3 is 2.85 bits per heavy atom. The topological polar surface area (TPSA) is 37.5 Å². The number of fused-ring (bicyclic) bond motifs is 1. The fourth-order valence-electron chi connectivity index (χ4n) is 3.73. The molecule has 0 saturated heterocycles. The lowest BCUT2D eigenvalue weighted by Gasteiger charge is -2.22. The van der Waals surface area contributed by atoms with E-state index in [9.17, 15) is 5.11 Å². The highest BCUT2D eigenvalue weighted by Gasteiger charge is 2.39. The Morgan fingerprint density at radius 2 is 2.20 bits per heavy atom. The van der Waals surface area contributed by atoms with Crippen LogP contribution in [-0.4, -0.2) is 14.5 Å². The molecule has 0 amide bonds. The van der Waals surface area contributed by atoms with Crippen LogP contribution in [0.4, 0.5) is 0 Å². The second kappa shape index (κ2) is 4.31. The first-order chi connectivity index (χ1) is 9.55. The van der Waals surface area contributed by atoms with Gasteiger partial charge in [-0.05, 0) is 49.4 Å². The van der Waals surface area contributed by atoms with Crippen molar-refractivity contribution in [2.24, 2.45) is 11.3 Å². The van der Waals surface area contributed by atoms with Crippen molar-refractivity contribution in [2.45, 2.75) is 58.0 Å². The van der Waals surface area contributed by atoms with Gasteiger partial charge >= 0.3 is 0 Å². The molecule has 0 bridgehead atoms. The molecule has 4 rings (SSSR count). The van der Waals surface area contributed by atoms with Gasteiger partial charge in [-0.15, -0.1) is 11.3 Å². The first kappa shape index (κ1) is 12.8. The Morgan fingerprint density at radius 1 is 1.40 bits per heavy atom. The molecule has 0 aromatic carbocycles. The second-order valence-corrected chi connectivity index (χ2v) is 8.40. The van der Waals surface area contributed by atoms with E-state index >= 15 is 0 Å². The van der Waals surface area contributed by atoms with Crippen LogP contribution in [0.25, 0.3) is 4.83 Å². The highest BCUT2D eigenvalue weighted by atomic mass is 32.1. The van der Waals surface area contributed by atoms with E-state index < -0.39 is 0 Å². The summed E-state index contributed by atoms with van der Waals surface area (Å²) in [6, 6.07) is 0. The van der Waals surface area contributed by atoms with Gasteiger partial charge in [-0.2, -0.15) is 0 Å². The molecule has 108 valence electrons. The molecule has 3 nitrogen and oxygen atoms in total. The molecule has 2 fully saturated rings. The van der Waals surface area contributed by atoms with Crippen molar-refractivity contribution >= 4 is 16.2 Å². The summed E-state index contributed by atoms with van der Waals surface area (Å²) in [6.07, 6.45) is 9.54. The van der Waals surface area contributed by atoms with Gasteiger partial charge in [-0.25, -0.2) is 4.98 Å². The summed E-state index contributed by atoms with van der Waals surface area (Å²) in [5.41, 5.74) is 1.53. The molecule has 2 unspecified atom stereocenters. The average Bonchev–Trinajstić information content (AvgIpc) is 2.86. The van der Waals surface area contributed by atoms with Gasteiger partial charge in [0.05, 0.1) is 18.0 Å². The Labute approximate surface area is 123 Å². The molecule has 2 heterocycles. The smallest absolute Gasteiger partial charge is 0.120 e. The minimum atomic E-state index is -0.324. The van der Waals surface area contributed by atoms with E-state index in [1.807, 2.05) is 23.9 Å². The zero-order chi connectivity index (χ0) is 13.9. The van der Waals surface area contributed by atoms with Crippen LogP contribution in [0, 0.1) is 11.3 Å². The normalized spacial score (nSPS) is 27.2. The van der Waals surface area contributed by atoms with Gasteiger partial charge in [-0.3, -0.25) is 4.40 Å². The third-order valence-electron chi connectivity index (χ3n) is 5.01. The molecule has 0 spiro atoms. The molecule has 2 aromatic heterocycles. The summed E-state index contributed by atoms with van der Waals surface area (Å²) >= 11 is 1.83. The fourth-order valence-corrected chi connectivity index (χ4v) is 5.04. The van der Waals surface area contributed by atoms with E-state index in [0.29, 0.717) is 17.3 Å². The largest absolute Gasteiger partial charge is 0.387 e. The van der Waals surface area contributed by atoms with Gasteiger partial charge in [0.1, 0.15) is 11.2 Å². The van der Waals surface area contributed by atoms with Crippen molar-refractivity contribution in [3.05, 3.63) is 23.1 Å². The van der Waals surface area contributed by atoms with E-state index in [0.717, 1.165) is 18.5 Å². The van der Waals surface area contributed by atoms with Crippen LogP contribution in [0.1, 0.15) is 68.5 Å². The number of aliphatic hydroxyl groups is 1. The molecular weight excluding hydrogens is 268 g/mol. The summed E-state index contributed by atoms with van der Waals surface area (Å²) in [4.78, 5) is 6.84. The summed E-state index contributed by atoms with van der Waals surface area (Å²) in [6.45, 7) is 4.64. The fraction of sp³-hybridized carbons (Fsp3) is 0.688. The predicted molar refractivity (Wildman–Crippen MR) is 81.1 cm³/mol. The molecule has 2 aliphatic rings. The number of rotatable bonds is 3. The molecule has 2 aromatic rings. The van der Waals surface area contributed by atoms with E-state index in [4.69, 9.17) is 0 Å². The number of nitrogens with zero attached hydrogens (tertiary/aromatic N) is 2. The molecule has 2 saturated carbocycles. The Kier molecular flexibility index (Phi) is 2.77. The number of imidazole rings is 1. The summed E-state index contributed by atoms with van der Waals surface area (Å²) in [5, 5.41) is 11.0. The zero-order valence-corrected chi connectivity index (χ0v) is 13.0. The molecule has 1 N–H and O–H groups in total. The number of hydrogen-bond donors (Lipinski definition) is 1. The minimum Gasteiger partial charge on any atom is -0.387 e. The second-order valence-electron chi connectivity index (χ2n) is 7.34. The van der Waals surface area contributed by atoms with Crippen molar-refractivity contribution in [2.75, 3.05) is 0 Å². The predicted octanol–water partition coefficient (Wildman–Crippen LogP) is 4.13. The van der Waals surface area contributed by atoms with E-state index in [1.165, 1.54) is 29.0 Å². The maximum Gasteiger partial charge on any atom is 0.120 e.